The van der Waals surface area contributed by atoms with E-state index in [0.29, 0.717) is 11.3 Å². The van der Waals surface area contributed by atoms with Crippen LogP contribution in [0.4, 0.5) is 5.69 Å². The summed E-state index contributed by atoms with van der Waals surface area (Å²) in [6.45, 7) is 8.41. The molecule has 55 heavy (non-hydrogen) atoms. The van der Waals surface area contributed by atoms with Gasteiger partial charge in [0.2, 0.25) is 5.69 Å². The Hall–Kier alpha value is -7.86. The monoisotopic (exact) mass is 699 g/mol. The van der Waals surface area contributed by atoms with Crippen molar-refractivity contribution in [1.29, 1.82) is 5.26 Å². The van der Waals surface area contributed by atoms with Gasteiger partial charge in [-0.15, -0.1) is 0 Å². The van der Waals surface area contributed by atoms with Crippen LogP contribution in [0.3, 0.4) is 0 Å². The molecule has 0 unspecified atom stereocenters. The van der Waals surface area contributed by atoms with E-state index in [4.69, 9.17) is 6.57 Å². The summed E-state index contributed by atoms with van der Waals surface area (Å²) in [5.74, 6) is 0. The summed E-state index contributed by atoms with van der Waals surface area (Å²) in [5.41, 5.74) is 12.5. The van der Waals surface area contributed by atoms with Gasteiger partial charge in [0.15, 0.2) is 0 Å². The number of hydrogen-bond acceptors (Lipinski definition) is 1. The zero-order valence-electron chi connectivity index (χ0n) is 29.5. The fourth-order valence-electron chi connectivity index (χ4n) is 8.81. The van der Waals surface area contributed by atoms with E-state index in [2.05, 4.69) is 164 Å². The fraction of sp³-hybridized carbons (Fsp3) is 0. The molecule has 3 heterocycles. The Morgan fingerprint density at radius 1 is 0.418 bits per heavy atom. The second-order valence-corrected chi connectivity index (χ2v) is 13.9. The maximum absolute atomic E-state index is 9.77. The number of hydrogen-bond donors (Lipinski definition) is 0. The molecule has 0 radical (unpaired) electrons. The molecule has 5 nitrogen and oxygen atoms in total. The Balaban J connectivity index is 1.15. The van der Waals surface area contributed by atoms with Crippen LogP contribution in [0.25, 0.3) is 98.5 Å². The molecule has 5 heteroatoms. The third-order valence-electron chi connectivity index (χ3n) is 11.1. The van der Waals surface area contributed by atoms with Crippen molar-refractivity contribution in [2.24, 2.45) is 0 Å². The molecule has 0 bridgehead atoms. The minimum absolute atomic E-state index is 0.535. The lowest BCUT2D eigenvalue weighted by Gasteiger charge is -2.16. The molecule has 0 atom stereocenters. The van der Waals surface area contributed by atoms with Gasteiger partial charge in [0.1, 0.15) is 0 Å². The fourth-order valence-corrected chi connectivity index (χ4v) is 8.81. The van der Waals surface area contributed by atoms with E-state index < -0.39 is 0 Å². The number of fused-ring (bicyclic) bond motifs is 9. The quantitative estimate of drug-likeness (QED) is 0.169. The lowest BCUT2D eigenvalue weighted by Crippen LogP contribution is -1.99. The van der Waals surface area contributed by atoms with E-state index in [1.165, 1.54) is 32.6 Å². The Kier molecular flexibility index (Phi) is 6.61. The summed E-state index contributed by atoms with van der Waals surface area (Å²) < 4.78 is 6.90. The van der Waals surface area contributed by atoms with Gasteiger partial charge < -0.3 is 13.7 Å². The van der Waals surface area contributed by atoms with E-state index in [9.17, 15) is 5.26 Å². The first-order chi connectivity index (χ1) is 27.2. The summed E-state index contributed by atoms with van der Waals surface area (Å²) >= 11 is 0. The molecule has 0 aliphatic rings. The predicted octanol–water partition coefficient (Wildman–Crippen LogP) is 13.1. The van der Waals surface area contributed by atoms with Crippen LogP contribution in [-0.4, -0.2) is 13.7 Å². The molecule has 0 fully saturated rings. The van der Waals surface area contributed by atoms with Gasteiger partial charge in [-0.05, 0) is 72.3 Å². The number of nitriles is 1. The Bertz CT molecular complexity index is 3420. The summed E-state index contributed by atoms with van der Waals surface area (Å²) in [6, 6.07) is 63.5. The van der Waals surface area contributed by atoms with Gasteiger partial charge in [-0.25, -0.2) is 4.85 Å². The molecule has 254 valence electrons. The van der Waals surface area contributed by atoms with Crippen molar-refractivity contribution in [2.75, 3.05) is 0 Å². The van der Waals surface area contributed by atoms with E-state index in [1.807, 2.05) is 36.4 Å². The first-order valence-electron chi connectivity index (χ1n) is 18.3. The van der Waals surface area contributed by atoms with Crippen LogP contribution >= 0.6 is 0 Å². The standard InChI is InChI=1S/C50H29N5/c1-52-40-30-33(26-28-46(40)55-44-21-10-5-16-37(44)38-27-25-32(31-51)29-49(38)55)34-13-2-7-18-41(34)53-45-22-11-6-17-39(45)50-47(53)23-12-24-48(50)54-42-19-8-3-14-35(42)36-15-4-9-20-43(36)54/h2-30H. The highest BCUT2D eigenvalue weighted by Crippen LogP contribution is 2.43. The van der Waals surface area contributed by atoms with Crippen molar-refractivity contribution in [3.63, 3.8) is 0 Å². The van der Waals surface area contributed by atoms with Crippen LogP contribution in [-0.2, 0) is 0 Å². The molecule has 0 saturated carbocycles. The van der Waals surface area contributed by atoms with Crippen molar-refractivity contribution < 1.29 is 0 Å². The molecular formula is C50H29N5. The molecule has 0 spiro atoms. The third-order valence-corrected chi connectivity index (χ3v) is 11.1. The van der Waals surface area contributed by atoms with Gasteiger partial charge in [-0.2, -0.15) is 5.26 Å². The van der Waals surface area contributed by atoms with Crippen LogP contribution < -0.4 is 0 Å². The van der Waals surface area contributed by atoms with E-state index in [-0.39, 0.29) is 0 Å². The van der Waals surface area contributed by atoms with Crippen LogP contribution in [0.1, 0.15) is 5.56 Å². The zero-order chi connectivity index (χ0) is 36.6. The van der Waals surface area contributed by atoms with Crippen molar-refractivity contribution in [2.45, 2.75) is 0 Å². The maximum Gasteiger partial charge on any atom is 0.211 e. The van der Waals surface area contributed by atoms with E-state index >= 15 is 0 Å². The first-order valence-corrected chi connectivity index (χ1v) is 18.3. The molecule has 0 aliphatic carbocycles. The van der Waals surface area contributed by atoms with Crippen molar-refractivity contribution >= 4 is 71.1 Å². The Labute approximate surface area is 316 Å². The molecule has 0 aliphatic heterocycles. The number of benzene rings is 8. The van der Waals surface area contributed by atoms with Crippen LogP contribution in [0.2, 0.25) is 0 Å². The number of para-hydroxylation sites is 5. The molecule has 0 amide bonds. The largest absolute Gasteiger partial charge is 0.319 e. The van der Waals surface area contributed by atoms with Crippen molar-refractivity contribution in [3.05, 3.63) is 193 Å². The molecule has 0 saturated heterocycles. The molecule has 3 aromatic heterocycles. The van der Waals surface area contributed by atoms with Gasteiger partial charge in [-0.3, -0.25) is 0 Å². The molecule has 11 rings (SSSR count). The summed E-state index contributed by atoms with van der Waals surface area (Å²) in [7, 11) is 0. The van der Waals surface area contributed by atoms with Crippen molar-refractivity contribution in [3.8, 4) is 34.3 Å². The minimum atomic E-state index is 0.535. The van der Waals surface area contributed by atoms with E-state index in [0.717, 1.165) is 61.0 Å². The van der Waals surface area contributed by atoms with Crippen molar-refractivity contribution in [1.82, 2.24) is 13.7 Å². The summed E-state index contributed by atoms with van der Waals surface area (Å²) in [6.07, 6.45) is 0. The summed E-state index contributed by atoms with van der Waals surface area (Å²) in [4.78, 5) is 4.11. The number of rotatable bonds is 4. The predicted molar refractivity (Wildman–Crippen MR) is 226 cm³/mol. The van der Waals surface area contributed by atoms with Gasteiger partial charge in [0, 0.05) is 37.9 Å². The maximum atomic E-state index is 9.77. The van der Waals surface area contributed by atoms with Gasteiger partial charge >= 0.3 is 0 Å². The molecule has 8 aromatic carbocycles. The lowest BCUT2D eigenvalue weighted by atomic mass is 10.0. The average Bonchev–Trinajstić information content (AvgIpc) is 3.89. The number of aromatic nitrogens is 3. The average molecular weight is 700 g/mol. The molecule has 0 N–H and O–H groups in total. The van der Waals surface area contributed by atoms with Gasteiger partial charge in [0.05, 0.1) is 68.4 Å². The molecule has 11 aromatic rings. The van der Waals surface area contributed by atoms with E-state index in [1.54, 1.807) is 0 Å². The van der Waals surface area contributed by atoms with Crippen LogP contribution in [0.5, 0.6) is 0 Å². The lowest BCUT2D eigenvalue weighted by molar-refractivity contribution is 1.17. The SMILES string of the molecule is [C-]#[N+]c1cc(-c2ccccc2-n2c3ccccc3c3c(-n4c5ccccc5c5ccccc54)cccc32)ccc1-n1c2ccccc2c2ccc(C#N)cc21. The van der Waals surface area contributed by atoms with Crippen LogP contribution in [0.15, 0.2) is 176 Å². The normalized spacial score (nSPS) is 11.6. The van der Waals surface area contributed by atoms with Crippen LogP contribution in [0, 0.1) is 17.9 Å². The minimum Gasteiger partial charge on any atom is -0.319 e. The Morgan fingerprint density at radius 2 is 0.927 bits per heavy atom. The highest BCUT2D eigenvalue weighted by molar-refractivity contribution is 6.17. The molecular weight excluding hydrogens is 671 g/mol. The summed E-state index contributed by atoms with van der Waals surface area (Å²) in [5, 5.41) is 16.7. The van der Waals surface area contributed by atoms with Gasteiger partial charge in [0.25, 0.3) is 0 Å². The highest BCUT2D eigenvalue weighted by Gasteiger charge is 2.22. The third kappa shape index (κ3) is 4.39. The zero-order valence-corrected chi connectivity index (χ0v) is 29.5. The topological polar surface area (TPSA) is 42.9 Å². The van der Waals surface area contributed by atoms with Gasteiger partial charge in [-0.1, -0.05) is 109 Å². The highest BCUT2D eigenvalue weighted by atomic mass is 15.0. The Morgan fingerprint density at radius 3 is 1.58 bits per heavy atom. The second-order valence-electron chi connectivity index (χ2n) is 13.9. The smallest absolute Gasteiger partial charge is 0.211 e. The first kappa shape index (κ1) is 30.7. The second kappa shape index (κ2) is 11.8. The number of nitrogens with zero attached hydrogens (tertiary/aromatic N) is 5.